The number of carbonyl (C=O) groups excluding carboxylic acids is 1. The van der Waals surface area contributed by atoms with Crippen molar-refractivity contribution in [3.63, 3.8) is 0 Å². The van der Waals surface area contributed by atoms with Crippen LogP contribution in [0.3, 0.4) is 0 Å². The third kappa shape index (κ3) is 2.15. The van der Waals surface area contributed by atoms with Crippen LogP contribution in [0.4, 0.5) is 0 Å². The largest absolute Gasteiger partial charge is 0.481 e. The third-order valence-electron chi connectivity index (χ3n) is 7.87. The number of carboxylic acid groups (broad SMARTS) is 1. The molecule has 0 aromatic carbocycles. The molecule has 0 bridgehead atoms. The number of hydrogen-bond acceptors (Lipinski definition) is 3. The highest BCUT2D eigenvalue weighted by Crippen LogP contribution is 2.65. The Morgan fingerprint density at radius 1 is 1.25 bits per heavy atom. The molecule has 0 spiro atoms. The molecule has 0 amide bonds. The minimum Gasteiger partial charge on any atom is -0.481 e. The monoisotopic (exact) mass is 334 g/mol. The Balaban J connectivity index is 2.03. The van der Waals surface area contributed by atoms with Crippen molar-refractivity contribution in [3.8, 4) is 0 Å². The molecule has 0 aromatic rings. The van der Waals surface area contributed by atoms with E-state index >= 15 is 0 Å². The molecule has 0 radical (unpaired) electrons. The van der Waals surface area contributed by atoms with Crippen molar-refractivity contribution in [2.24, 2.45) is 28.6 Å². The van der Waals surface area contributed by atoms with Gasteiger partial charge in [-0.15, -0.1) is 0 Å². The van der Waals surface area contributed by atoms with Crippen molar-refractivity contribution in [3.05, 3.63) is 12.2 Å². The zero-order valence-corrected chi connectivity index (χ0v) is 15.1. The molecule has 4 nitrogen and oxygen atoms in total. The normalized spacial score (nSPS) is 48.3. The summed E-state index contributed by atoms with van der Waals surface area (Å²) in [6.07, 6.45) is 4.55. The highest BCUT2D eigenvalue weighted by atomic mass is 16.4. The standard InChI is InChI=1S/C20H30O4/c1-12(2)13-6-9-20(24)14(10-13)15(21)11-16-18(3,17(22)23)7-5-8-19(16,20)4/h13-14,16,24H,1,5-11H2,2-4H3,(H,22,23)/t13-,14+,16-,18+,19-,20+/m0/s1. The number of fused-ring (bicyclic) bond motifs is 3. The fourth-order valence-corrected chi connectivity index (χ4v) is 6.14. The molecule has 2 N–H and O–H groups in total. The van der Waals surface area contributed by atoms with Gasteiger partial charge >= 0.3 is 5.97 Å². The first-order valence-corrected chi connectivity index (χ1v) is 9.20. The van der Waals surface area contributed by atoms with E-state index in [9.17, 15) is 19.8 Å². The molecule has 3 aliphatic carbocycles. The van der Waals surface area contributed by atoms with Crippen LogP contribution in [0.1, 0.15) is 65.7 Å². The lowest BCUT2D eigenvalue weighted by atomic mass is 9.41. The number of aliphatic hydroxyl groups is 1. The van der Waals surface area contributed by atoms with Crippen molar-refractivity contribution >= 4 is 11.8 Å². The van der Waals surface area contributed by atoms with Crippen LogP contribution in [0, 0.1) is 28.6 Å². The number of aliphatic carboxylic acids is 1. The summed E-state index contributed by atoms with van der Waals surface area (Å²) in [5.74, 6) is -1.14. The van der Waals surface area contributed by atoms with E-state index < -0.39 is 22.4 Å². The number of carboxylic acids is 1. The maximum atomic E-state index is 12.9. The molecule has 3 fully saturated rings. The average molecular weight is 334 g/mol. The van der Waals surface area contributed by atoms with Gasteiger partial charge in [0.05, 0.1) is 11.0 Å². The zero-order chi connectivity index (χ0) is 17.9. The third-order valence-corrected chi connectivity index (χ3v) is 7.87. The summed E-state index contributed by atoms with van der Waals surface area (Å²) in [6, 6.07) is 0. The van der Waals surface area contributed by atoms with E-state index in [1.807, 2.05) is 13.8 Å². The number of rotatable bonds is 2. The van der Waals surface area contributed by atoms with E-state index in [4.69, 9.17) is 0 Å². The molecule has 3 saturated carbocycles. The van der Waals surface area contributed by atoms with Crippen LogP contribution >= 0.6 is 0 Å². The van der Waals surface area contributed by atoms with Crippen LogP contribution in [-0.4, -0.2) is 27.6 Å². The van der Waals surface area contributed by atoms with Crippen LogP contribution in [0.5, 0.6) is 0 Å². The van der Waals surface area contributed by atoms with E-state index in [1.165, 1.54) is 0 Å². The Bertz CT molecular complexity index is 596. The van der Waals surface area contributed by atoms with Gasteiger partial charge in [0, 0.05) is 17.8 Å². The molecule has 4 heteroatoms. The second-order valence-corrected chi connectivity index (χ2v) is 9.01. The van der Waals surface area contributed by atoms with E-state index in [0.29, 0.717) is 19.3 Å². The summed E-state index contributed by atoms with van der Waals surface area (Å²) >= 11 is 0. The topological polar surface area (TPSA) is 74.6 Å². The van der Waals surface area contributed by atoms with Gasteiger partial charge in [-0.05, 0) is 57.8 Å². The maximum Gasteiger partial charge on any atom is 0.309 e. The Hall–Kier alpha value is -1.16. The summed E-state index contributed by atoms with van der Waals surface area (Å²) < 4.78 is 0. The summed E-state index contributed by atoms with van der Waals surface area (Å²) in [6.45, 7) is 9.85. The molecular formula is C20H30O4. The minimum atomic E-state index is -1.07. The Kier molecular flexibility index (Phi) is 3.99. The molecule has 3 aliphatic rings. The smallest absolute Gasteiger partial charge is 0.309 e. The van der Waals surface area contributed by atoms with E-state index in [2.05, 4.69) is 6.58 Å². The number of ketones is 1. The van der Waals surface area contributed by atoms with Gasteiger partial charge in [0.1, 0.15) is 5.78 Å². The summed E-state index contributed by atoms with van der Waals surface area (Å²) in [4.78, 5) is 24.9. The number of carbonyl (C=O) groups is 2. The van der Waals surface area contributed by atoms with Crippen molar-refractivity contribution in [2.75, 3.05) is 0 Å². The van der Waals surface area contributed by atoms with Crippen LogP contribution in [0.15, 0.2) is 12.2 Å². The highest BCUT2D eigenvalue weighted by Gasteiger charge is 2.67. The quantitative estimate of drug-likeness (QED) is 0.757. The molecule has 0 heterocycles. The molecule has 0 aromatic heterocycles. The first-order valence-electron chi connectivity index (χ1n) is 9.20. The fraction of sp³-hybridized carbons (Fsp3) is 0.800. The molecule has 0 unspecified atom stereocenters. The molecule has 0 saturated heterocycles. The van der Waals surface area contributed by atoms with Gasteiger partial charge in [-0.1, -0.05) is 25.5 Å². The summed E-state index contributed by atoms with van der Waals surface area (Å²) in [5, 5.41) is 21.5. The van der Waals surface area contributed by atoms with Crippen molar-refractivity contribution in [1.82, 2.24) is 0 Å². The van der Waals surface area contributed by atoms with Crippen LogP contribution in [0.25, 0.3) is 0 Å². The van der Waals surface area contributed by atoms with E-state index in [1.54, 1.807) is 6.92 Å². The highest BCUT2D eigenvalue weighted by molar-refractivity contribution is 5.86. The maximum absolute atomic E-state index is 12.9. The minimum absolute atomic E-state index is 0.0558. The van der Waals surface area contributed by atoms with Gasteiger partial charge in [0.25, 0.3) is 0 Å². The zero-order valence-electron chi connectivity index (χ0n) is 15.1. The van der Waals surface area contributed by atoms with Crippen LogP contribution in [-0.2, 0) is 9.59 Å². The fourth-order valence-electron chi connectivity index (χ4n) is 6.14. The van der Waals surface area contributed by atoms with E-state index in [-0.39, 0.29) is 30.0 Å². The lowest BCUT2D eigenvalue weighted by Crippen LogP contribution is -2.68. The lowest BCUT2D eigenvalue weighted by Gasteiger charge is -2.63. The van der Waals surface area contributed by atoms with Crippen LogP contribution < -0.4 is 0 Å². The predicted molar refractivity (Wildman–Crippen MR) is 91.4 cm³/mol. The van der Waals surface area contributed by atoms with Gasteiger partial charge in [-0.25, -0.2) is 0 Å². The van der Waals surface area contributed by atoms with Crippen molar-refractivity contribution < 1.29 is 19.8 Å². The second kappa shape index (κ2) is 5.42. The van der Waals surface area contributed by atoms with Crippen molar-refractivity contribution in [1.29, 1.82) is 0 Å². The van der Waals surface area contributed by atoms with Gasteiger partial charge < -0.3 is 10.2 Å². The SMILES string of the molecule is C=C(C)[C@H]1CC[C@@]2(O)[C@H](C1)C(=O)C[C@H]1[C@](C)(C(=O)O)CCC[C@@]12C. The summed E-state index contributed by atoms with van der Waals surface area (Å²) in [5.41, 5.74) is -1.42. The number of hydrogen-bond donors (Lipinski definition) is 2. The van der Waals surface area contributed by atoms with Crippen molar-refractivity contribution in [2.45, 2.75) is 71.3 Å². The van der Waals surface area contributed by atoms with Gasteiger partial charge in [0.2, 0.25) is 0 Å². The molecule has 6 atom stereocenters. The molecule has 3 rings (SSSR count). The Morgan fingerprint density at radius 2 is 1.92 bits per heavy atom. The van der Waals surface area contributed by atoms with E-state index in [0.717, 1.165) is 24.8 Å². The summed E-state index contributed by atoms with van der Waals surface area (Å²) in [7, 11) is 0. The number of Topliss-reactive ketones (excluding diaryl/α,β-unsaturated/α-hetero) is 1. The first-order chi connectivity index (χ1) is 11.1. The Labute approximate surface area is 144 Å². The first kappa shape index (κ1) is 17.7. The predicted octanol–water partition coefficient (Wildman–Crippen LogP) is 3.58. The number of allylic oxidation sites excluding steroid dienone is 1. The molecule has 0 aliphatic heterocycles. The lowest BCUT2D eigenvalue weighted by molar-refractivity contribution is -0.226. The average Bonchev–Trinajstić information content (AvgIpc) is 2.50. The van der Waals surface area contributed by atoms with Gasteiger partial charge in [-0.3, -0.25) is 9.59 Å². The van der Waals surface area contributed by atoms with Gasteiger partial charge in [-0.2, -0.15) is 0 Å². The molecule has 24 heavy (non-hydrogen) atoms. The molecule has 134 valence electrons. The van der Waals surface area contributed by atoms with Crippen LogP contribution in [0.2, 0.25) is 0 Å². The Morgan fingerprint density at radius 3 is 2.50 bits per heavy atom. The second-order valence-electron chi connectivity index (χ2n) is 9.01. The molecular weight excluding hydrogens is 304 g/mol. The van der Waals surface area contributed by atoms with Gasteiger partial charge in [0.15, 0.2) is 0 Å².